The summed E-state index contributed by atoms with van der Waals surface area (Å²) in [6.45, 7) is 2.20. The van der Waals surface area contributed by atoms with E-state index in [-0.39, 0.29) is 11.7 Å². The lowest BCUT2D eigenvalue weighted by Crippen LogP contribution is -2.02. The van der Waals surface area contributed by atoms with Gasteiger partial charge in [-0.05, 0) is 43.3 Å². The zero-order valence-electron chi connectivity index (χ0n) is 13.2. The maximum absolute atomic E-state index is 13.8. The van der Waals surface area contributed by atoms with Crippen molar-refractivity contribution < 1.29 is 18.3 Å². The minimum atomic E-state index is -0.364. The number of carbonyl (C=O) groups is 1. The van der Waals surface area contributed by atoms with Crippen molar-refractivity contribution in [2.24, 2.45) is 0 Å². The van der Waals surface area contributed by atoms with Gasteiger partial charge in [0.25, 0.3) is 0 Å². The monoisotopic (exact) mass is 325 g/mol. The molecule has 0 aliphatic carbocycles. The maximum Gasteiger partial charge on any atom is 0.229 e. The smallest absolute Gasteiger partial charge is 0.229 e. The molecule has 0 spiro atoms. The summed E-state index contributed by atoms with van der Waals surface area (Å²) in [6, 6.07) is 13.2. The number of nitrogens with zero attached hydrogens (tertiary/aromatic N) is 1. The second-order valence-corrected chi connectivity index (χ2v) is 5.29. The molecule has 0 amide bonds. The van der Waals surface area contributed by atoms with Crippen molar-refractivity contribution in [3.8, 4) is 17.2 Å². The molecule has 1 aromatic heterocycles. The van der Waals surface area contributed by atoms with Crippen LogP contribution in [-0.2, 0) is 6.42 Å². The summed E-state index contributed by atoms with van der Waals surface area (Å²) in [4.78, 5) is 15.0. The maximum atomic E-state index is 13.8. The normalized spacial score (nSPS) is 10.6. The molecule has 0 unspecified atom stereocenters. The van der Waals surface area contributed by atoms with Gasteiger partial charge >= 0.3 is 0 Å². The van der Waals surface area contributed by atoms with Gasteiger partial charge in [-0.3, -0.25) is 4.79 Å². The minimum Gasteiger partial charge on any atom is -0.493 e. The zero-order valence-corrected chi connectivity index (χ0v) is 13.2. The molecule has 0 aliphatic rings. The van der Waals surface area contributed by atoms with Crippen LogP contribution < -0.4 is 4.74 Å². The lowest BCUT2D eigenvalue weighted by Gasteiger charge is -2.04. The van der Waals surface area contributed by atoms with E-state index in [1.807, 2.05) is 0 Å². The topological polar surface area (TPSA) is 52.3 Å². The standard InChI is InChI=1S/C19H16FNO3/c1-13-18(10-11-23-15-8-6-14(12-22)7-9-15)21-19(24-13)16-4-2-3-5-17(16)20/h2-9,12H,10-11H2,1H3. The first-order valence-electron chi connectivity index (χ1n) is 7.56. The van der Waals surface area contributed by atoms with Crippen LogP contribution in [-0.4, -0.2) is 17.9 Å². The van der Waals surface area contributed by atoms with Crippen LogP contribution in [0.15, 0.2) is 52.9 Å². The third-order valence-corrected chi connectivity index (χ3v) is 3.62. The van der Waals surface area contributed by atoms with Crippen LogP contribution in [0.25, 0.3) is 11.5 Å². The van der Waals surface area contributed by atoms with Gasteiger partial charge in [0.05, 0.1) is 17.9 Å². The fourth-order valence-corrected chi connectivity index (χ4v) is 2.32. The van der Waals surface area contributed by atoms with E-state index in [9.17, 15) is 9.18 Å². The second kappa shape index (κ2) is 7.08. The first kappa shape index (κ1) is 15.9. The number of hydrogen-bond acceptors (Lipinski definition) is 4. The van der Waals surface area contributed by atoms with Gasteiger partial charge in [-0.15, -0.1) is 0 Å². The molecule has 4 nitrogen and oxygen atoms in total. The van der Waals surface area contributed by atoms with Crippen molar-refractivity contribution in [2.45, 2.75) is 13.3 Å². The SMILES string of the molecule is Cc1oc(-c2ccccc2F)nc1CCOc1ccc(C=O)cc1. The number of aldehydes is 1. The van der Waals surface area contributed by atoms with E-state index in [2.05, 4.69) is 4.98 Å². The van der Waals surface area contributed by atoms with Gasteiger partial charge < -0.3 is 9.15 Å². The van der Waals surface area contributed by atoms with Gasteiger partial charge in [-0.25, -0.2) is 9.37 Å². The highest BCUT2D eigenvalue weighted by Gasteiger charge is 2.14. The number of oxazole rings is 1. The Balaban J connectivity index is 1.65. The highest BCUT2D eigenvalue weighted by Crippen LogP contribution is 2.24. The van der Waals surface area contributed by atoms with Crippen molar-refractivity contribution >= 4 is 6.29 Å². The number of carbonyl (C=O) groups excluding carboxylic acids is 1. The summed E-state index contributed by atoms with van der Waals surface area (Å²) < 4.78 is 25.0. The van der Waals surface area contributed by atoms with Gasteiger partial charge in [-0.2, -0.15) is 0 Å². The molecular weight excluding hydrogens is 309 g/mol. The average Bonchev–Trinajstić information content (AvgIpc) is 2.96. The Kier molecular flexibility index (Phi) is 4.70. The summed E-state index contributed by atoms with van der Waals surface area (Å²) in [6.07, 6.45) is 1.33. The van der Waals surface area contributed by atoms with E-state index in [0.717, 1.165) is 12.0 Å². The molecule has 24 heavy (non-hydrogen) atoms. The molecule has 0 fully saturated rings. The van der Waals surface area contributed by atoms with Crippen LogP contribution >= 0.6 is 0 Å². The second-order valence-electron chi connectivity index (χ2n) is 5.29. The van der Waals surface area contributed by atoms with E-state index in [0.29, 0.717) is 35.7 Å². The number of rotatable bonds is 6. The highest BCUT2D eigenvalue weighted by molar-refractivity contribution is 5.74. The molecule has 3 aromatic rings. The predicted octanol–water partition coefficient (Wildman–Crippen LogP) is 4.22. The largest absolute Gasteiger partial charge is 0.493 e. The molecule has 2 aromatic carbocycles. The predicted molar refractivity (Wildman–Crippen MR) is 87.7 cm³/mol. The van der Waals surface area contributed by atoms with E-state index in [4.69, 9.17) is 9.15 Å². The summed E-state index contributed by atoms with van der Waals surface area (Å²) in [5, 5.41) is 0. The Labute approximate surface area is 138 Å². The van der Waals surface area contributed by atoms with E-state index < -0.39 is 0 Å². The lowest BCUT2D eigenvalue weighted by molar-refractivity contribution is 0.112. The Morgan fingerprint density at radius 1 is 1.17 bits per heavy atom. The van der Waals surface area contributed by atoms with Crippen molar-refractivity contribution in [1.82, 2.24) is 4.98 Å². The number of aromatic nitrogens is 1. The molecule has 1 heterocycles. The third-order valence-electron chi connectivity index (χ3n) is 3.62. The molecule has 122 valence electrons. The van der Waals surface area contributed by atoms with Crippen LogP contribution in [0.2, 0.25) is 0 Å². The van der Waals surface area contributed by atoms with Crippen molar-refractivity contribution in [3.63, 3.8) is 0 Å². The van der Waals surface area contributed by atoms with Crippen molar-refractivity contribution in [2.75, 3.05) is 6.61 Å². The van der Waals surface area contributed by atoms with Gasteiger partial charge in [0.15, 0.2) is 0 Å². The van der Waals surface area contributed by atoms with Gasteiger partial charge in [0.2, 0.25) is 5.89 Å². The van der Waals surface area contributed by atoms with Crippen LogP contribution in [0, 0.1) is 12.7 Å². The molecule has 3 rings (SSSR count). The van der Waals surface area contributed by atoms with Crippen LogP contribution in [0.4, 0.5) is 4.39 Å². The molecule has 0 saturated heterocycles. The fourth-order valence-electron chi connectivity index (χ4n) is 2.32. The van der Waals surface area contributed by atoms with Crippen molar-refractivity contribution in [3.05, 3.63) is 71.4 Å². The number of aryl methyl sites for hydroxylation is 1. The van der Waals surface area contributed by atoms with E-state index in [1.54, 1.807) is 49.4 Å². The molecular formula is C19H16FNO3. The first-order valence-corrected chi connectivity index (χ1v) is 7.56. The summed E-state index contributed by atoms with van der Waals surface area (Å²) in [5.74, 6) is 1.23. The van der Waals surface area contributed by atoms with Crippen LogP contribution in [0.1, 0.15) is 21.8 Å². The van der Waals surface area contributed by atoms with Crippen molar-refractivity contribution in [1.29, 1.82) is 0 Å². The Morgan fingerprint density at radius 3 is 2.62 bits per heavy atom. The van der Waals surface area contributed by atoms with Gasteiger partial charge in [0, 0.05) is 12.0 Å². The number of halogens is 1. The number of hydrogen-bond donors (Lipinski definition) is 0. The molecule has 0 saturated carbocycles. The van der Waals surface area contributed by atoms with E-state index in [1.165, 1.54) is 6.07 Å². The van der Waals surface area contributed by atoms with Crippen LogP contribution in [0.3, 0.4) is 0 Å². The molecule has 0 atom stereocenters. The van der Waals surface area contributed by atoms with Gasteiger partial charge in [0.1, 0.15) is 23.6 Å². The van der Waals surface area contributed by atoms with E-state index >= 15 is 0 Å². The third kappa shape index (κ3) is 3.51. The molecule has 5 heteroatoms. The highest BCUT2D eigenvalue weighted by atomic mass is 19.1. The quantitative estimate of drug-likeness (QED) is 0.637. The number of ether oxygens (including phenoxy) is 1. The Bertz CT molecular complexity index is 840. The lowest BCUT2D eigenvalue weighted by atomic mass is 10.2. The first-order chi connectivity index (χ1) is 11.7. The zero-order chi connectivity index (χ0) is 16.9. The van der Waals surface area contributed by atoms with Crippen LogP contribution in [0.5, 0.6) is 5.75 Å². The Hall–Kier alpha value is -2.95. The molecule has 0 N–H and O–H groups in total. The Morgan fingerprint density at radius 2 is 1.92 bits per heavy atom. The minimum absolute atomic E-state index is 0.274. The fraction of sp³-hybridized carbons (Fsp3) is 0.158. The average molecular weight is 325 g/mol. The summed E-state index contributed by atoms with van der Waals surface area (Å²) in [7, 11) is 0. The number of benzene rings is 2. The molecule has 0 bridgehead atoms. The molecule has 0 aliphatic heterocycles. The molecule has 0 radical (unpaired) electrons. The summed E-state index contributed by atoms with van der Waals surface area (Å²) in [5.41, 5.74) is 1.68. The summed E-state index contributed by atoms with van der Waals surface area (Å²) >= 11 is 0. The van der Waals surface area contributed by atoms with Gasteiger partial charge in [-0.1, -0.05) is 12.1 Å².